The van der Waals surface area contributed by atoms with Crippen LogP contribution in [0, 0.1) is 11.3 Å². The maximum absolute atomic E-state index is 9.36. The van der Waals surface area contributed by atoms with Crippen LogP contribution in [0.5, 0.6) is 23.0 Å². The molecule has 5 heteroatoms. The minimum absolute atomic E-state index is 0.213. The molecule has 0 saturated heterocycles. The molecule has 1 unspecified atom stereocenters. The Kier molecular flexibility index (Phi) is 4.53. The van der Waals surface area contributed by atoms with Gasteiger partial charge in [0.2, 0.25) is 6.79 Å². The summed E-state index contributed by atoms with van der Waals surface area (Å²) in [6.45, 7) is 0.691. The van der Waals surface area contributed by atoms with Crippen LogP contribution in [0.25, 0.3) is 0 Å². The normalized spacial score (nSPS) is 13.2. The molecule has 0 N–H and O–H groups in total. The predicted octanol–water partition coefficient (Wildman–Crippen LogP) is 3.50. The molecule has 2 aromatic carbocycles. The highest BCUT2D eigenvalue weighted by Crippen LogP contribution is 2.35. The van der Waals surface area contributed by atoms with Gasteiger partial charge in [-0.1, -0.05) is 12.1 Å². The minimum Gasteiger partial charge on any atom is -0.497 e. The number of hydrogen-bond donors (Lipinski definition) is 0. The third kappa shape index (κ3) is 3.49. The molecular formula is C18H17NO4. The Morgan fingerprint density at radius 3 is 2.57 bits per heavy atom. The second-order valence-electron chi connectivity index (χ2n) is 5.11. The molecule has 5 nitrogen and oxygen atoms in total. The van der Waals surface area contributed by atoms with E-state index in [2.05, 4.69) is 6.07 Å². The smallest absolute Gasteiger partial charge is 0.231 e. The van der Waals surface area contributed by atoms with Crippen molar-refractivity contribution in [3.8, 4) is 29.1 Å². The summed E-state index contributed by atoms with van der Waals surface area (Å²) < 4.78 is 21.4. The monoisotopic (exact) mass is 311 g/mol. The third-order valence-electron chi connectivity index (χ3n) is 3.69. The fraction of sp³-hybridized carbons (Fsp3) is 0.278. The molecule has 0 aliphatic carbocycles. The van der Waals surface area contributed by atoms with E-state index in [9.17, 15) is 5.26 Å². The van der Waals surface area contributed by atoms with Crippen molar-refractivity contribution in [1.29, 1.82) is 5.26 Å². The van der Waals surface area contributed by atoms with E-state index in [1.54, 1.807) is 13.2 Å². The van der Waals surface area contributed by atoms with Crippen LogP contribution in [-0.4, -0.2) is 20.5 Å². The van der Waals surface area contributed by atoms with Crippen LogP contribution in [-0.2, 0) is 0 Å². The summed E-state index contributed by atoms with van der Waals surface area (Å²) in [5, 5.41) is 9.36. The summed E-state index contributed by atoms with van der Waals surface area (Å²) >= 11 is 0. The number of benzene rings is 2. The van der Waals surface area contributed by atoms with Crippen molar-refractivity contribution in [2.24, 2.45) is 0 Å². The Hall–Kier alpha value is -2.87. The summed E-state index contributed by atoms with van der Waals surface area (Å²) in [6, 6.07) is 15.3. The van der Waals surface area contributed by atoms with E-state index in [1.807, 2.05) is 36.4 Å². The number of fused-ring (bicyclic) bond motifs is 1. The highest BCUT2D eigenvalue weighted by molar-refractivity contribution is 5.46. The largest absolute Gasteiger partial charge is 0.497 e. The Balaban J connectivity index is 1.57. The van der Waals surface area contributed by atoms with Crippen molar-refractivity contribution >= 4 is 0 Å². The van der Waals surface area contributed by atoms with Crippen molar-refractivity contribution in [3.63, 3.8) is 0 Å². The second-order valence-corrected chi connectivity index (χ2v) is 5.11. The molecule has 1 heterocycles. The summed E-state index contributed by atoms with van der Waals surface area (Å²) in [7, 11) is 1.62. The second kappa shape index (κ2) is 6.93. The van der Waals surface area contributed by atoms with Gasteiger partial charge in [0.15, 0.2) is 11.5 Å². The SMILES string of the molecule is COc1ccc(C(C#N)CCOc2ccc3c(c2)OCO3)cc1. The first kappa shape index (κ1) is 15.0. The van der Waals surface area contributed by atoms with Crippen LogP contribution in [0.3, 0.4) is 0 Å². The fourth-order valence-corrected chi connectivity index (χ4v) is 2.40. The fourth-order valence-electron chi connectivity index (χ4n) is 2.40. The molecule has 0 aromatic heterocycles. The van der Waals surface area contributed by atoms with Gasteiger partial charge in [0, 0.05) is 12.5 Å². The van der Waals surface area contributed by atoms with E-state index in [0.717, 1.165) is 17.1 Å². The maximum Gasteiger partial charge on any atom is 0.231 e. The number of ether oxygens (including phenoxy) is 4. The van der Waals surface area contributed by atoms with E-state index >= 15 is 0 Å². The van der Waals surface area contributed by atoms with Crippen LogP contribution >= 0.6 is 0 Å². The molecule has 3 rings (SSSR count). The molecule has 1 aliphatic heterocycles. The van der Waals surface area contributed by atoms with E-state index < -0.39 is 0 Å². The molecule has 0 spiro atoms. The van der Waals surface area contributed by atoms with Gasteiger partial charge < -0.3 is 18.9 Å². The van der Waals surface area contributed by atoms with Gasteiger partial charge in [-0.2, -0.15) is 5.26 Å². The van der Waals surface area contributed by atoms with Crippen molar-refractivity contribution in [2.45, 2.75) is 12.3 Å². The summed E-state index contributed by atoms with van der Waals surface area (Å²) in [5.41, 5.74) is 0.961. The molecular weight excluding hydrogens is 294 g/mol. The van der Waals surface area contributed by atoms with Crippen molar-refractivity contribution in [1.82, 2.24) is 0 Å². The summed E-state index contributed by atoms with van der Waals surface area (Å²) in [5.74, 6) is 2.69. The summed E-state index contributed by atoms with van der Waals surface area (Å²) in [4.78, 5) is 0. The van der Waals surface area contributed by atoms with Gasteiger partial charge in [0.05, 0.1) is 25.7 Å². The van der Waals surface area contributed by atoms with E-state index in [1.165, 1.54) is 0 Å². The van der Waals surface area contributed by atoms with Gasteiger partial charge in [-0.3, -0.25) is 0 Å². The first-order valence-corrected chi connectivity index (χ1v) is 7.36. The Bertz CT molecular complexity index is 706. The standard InChI is InChI=1S/C18H17NO4/c1-20-15-4-2-13(3-5-15)14(11-19)8-9-21-16-6-7-17-18(10-16)23-12-22-17/h2-7,10,14H,8-9,12H2,1H3. The van der Waals surface area contributed by atoms with Crippen molar-refractivity contribution in [3.05, 3.63) is 48.0 Å². The Morgan fingerprint density at radius 1 is 1.09 bits per heavy atom. The van der Waals surface area contributed by atoms with Crippen molar-refractivity contribution in [2.75, 3.05) is 20.5 Å². The molecule has 0 radical (unpaired) electrons. The van der Waals surface area contributed by atoms with Crippen LogP contribution in [0.4, 0.5) is 0 Å². The van der Waals surface area contributed by atoms with E-state index in [0.29, 0.717) is 24.5 Å². The highest BCUT2D eigenvalue weighted by Gasteiger charge is 2.15. The number of nitriles is 1. The minimum atomic E-state index is -0.213. The van der Waals surface area contributed by atoms with Crippen molar-refractivity contribution < 1.29 is 18.9 Å². The van der Waals surface area contributed by atoms with E-state index in [4.69, 9.17) is 18.9 Å². The van der Waals surface area contributed by atoms with Crippen LogP contribution in [0.1, 0.15) is 17.9 Å². The average molecular weight is 311 g/mol. The molecule has 2 aromatic rings. The molecule has 0 fully saturated rings. The lowest BCUT2D eigenvalue weighted by Crippen LogP contribution is -2.04. The van der Waals surface area contributed by atoms with Crippen LogP contribution < -0.4 is 18.9 Å². The lowest BCUT2D eigenvalue weighted by atomic mass is 9.97. The number of nitrogens with zero attached hydrogens (tertiary/aromatic N) is 1. The Labute approximate surface area is 135 Å². The van der Waals surface area contributed by atoms with E-state index in [-0.39, 0.29) is 12.7 Å². The molecule has 0 amide bonds. The zero-order chi connectivity index (χ0) is 16.1. The molecule has 118 valence electrons. The number of methoxy groups -OCH3 is 1. The molecule has 0 bridgehead atoms. The average Bonchev–Trinajstić information content (AvgIpc) is 3.07. The zero-order valence-electron chi connectivity index (χ0n) is 12.8. The van der Waals surface area contributed by atoms with Crippen LogP contribution in [0.2, 0.25) is 0 Å². The zero-order valence-corrected chi connectivity index (χ0v) is 12.8. The summed E-state index contributed by atoms with van der Waals surface area (Å²) in [6.07, 6.45) is 0.608. The molecule has 0 saturated carbocycles. The number of rotatable bonds is 6. The topological polar surface area (TPSA) is 60.7 Å². The van der Waals surface area contributed by atoms with Gasteiger partial charge in [-0.05, 0) is 29.8 Å². The van der Waals surface area contributed by atoms with Gasteiger partial charge >= 0.3 is 0 Å². The van der Waals surface area contributed by atoms with Gasteiger partial charge in [0.1, 0.15) is 11.5 Å². The number of hydrogen-bond acceptors (Lipinski definition) is 5. The Morgan fingerprint density at radius 2 is 1.83 bits per heavy atom. The first-order chi connectivity index (χ1) is 11.3. The lowest BCUT2D eigenvalue weighted by molar-refractivity contribution is 0.173. The highest BCUT2D eigenvalue weighted by atomic mass is 16.7. The first-order valence-electron chi connectivity index (χ1n) is 7.36. The van der Waals surface area contributed by atoms with Gasteiger partial charge in [0.25, 0.3) is 0 Å². The molecule has 1 aliphatic rings. The molecule has 1 atom stereocenters. The van der Waals surface area contributed by atoms with Gasteiger partial charge in [-0.15, -0.1) is 0 Å². The lowest BCUT2D eigenvalue weighted by Gasteiger charge is -2.11. The molecule has 23 heavy (non-hydrogen) atoms. The predicted molar refractivity (Wildman–Crippen MR) is 84.0 cm³/mol. The quantitative estimate of drug-likeness (QED) is 0.817. The third-order valence-corrected chi connectivity index (χ3v) is 3.69. The maximum atomic E-state index is 9.36. The van der Waals surface area contributed by atoms with Gasteiger partial charge in [-0.25, -0.2) is 0 Å². The van der Waals surface area contributed by atoms with Crippen LogP contribution in [0.15, 0.2) is 42.5 Å².